The Morgan fingerprint density at radius 2 is 2.23 bits per heavy atom. The number of aromatic carboxylic acids is 1. The zero-order valence-electron chi connectivity index (χ0n) is 12.1. The Morgan fingerprint density at radius 1 is 1.45 bits per heavy atom. The highest BCUT2D eigenvalue weighted by Gasteiger charge is 2.31. The van der Waals surface area contributed by atoms with E-state index in [1.807, 2.05) is 0 Å². The summed E-state index contributed by atoms with van der Waals surface area (Å²) in [6, 6.07) is 2.32. The van der Waals surface area contributed by atoms with Crippen LogP contribution in [0.4, 0.5) is 4.39 Å². The van der Waals surface area contributed by atoms with Gasteiger partial charge in [0.1, 0.15) is 5.82 Å². The second-order valence-electron chi connectivity index (χ2n) is 5.40. The van der Waals surface area contributed by atoms with Gasteiger partial charge in [-0.25, -0.2) is 9.18 Å². The number of carboxylic acid groups (broad SMARTS) is 1. The third kappa shape index (κ3) is 2.24. The summed E-state index contributed by atoms with van der Waals surface area (Å²) in [4.78, 5) is 26.4. The number of aryl methyl sites for hydroxylation is 1. The molecule has 0 spiro atoms. The van der Waals surface area contributed by atoms with Crippen molar-refractivity contribution in [2.45, 2.75) is 32.1 Å². The predicted molar refractivity (Wildman–Crippen MR) is 77.5 cm³/mol. The first kappa shape index (κ1) is 14.6. The van der Waals surface area contributed by atoms with E-state index in [1.54, 1.807) is 6.92 Å². The minimum Gasteiger partial charge on any atom is -0.478 e. The highest BCUT2D eigenvalue weighted by molar-refractivity contribution is 6.04. The number of aromatic amines is 1. The van der Waals surface area contributed by atoms with Gasteiger partial charge >= 0.3 is 11.9 Å². The smallest absolute Gasteiger partial charge is 0.337 e. The maximum Gasteiger partial charge on any atom is 0.337 e. The highest BCUT2D eigenvalue weighted by atomic mass is 19.1. The zero-order valence-corrected chi connectivity index (χ0v) is 12.1. The van der Waals surface area contributed by atoms with Crippen LogP contribution in [0.3, 0.4) is 0 Å². The fraction of sp³-hybridized carbons (Fsp3) is 0.375. The normalized spacial score (nSPS) is 17.3. The van der Waals surface area contributed by atoms with Crippen LogP contribution in [0.15, 0.2) is 12.1 Å². The van der Waals surface area contributed by atoms with Crippen LogP contribution in [0, 0.1) is 5.82 Å². The number of fused-ring (bicyclic) bond motifs is 3. The van der Waals surface area contributed by atoms with Gasteiger partial charge in [-0.3, -0.25) is 4.79 Å². The van der Waals surface area contributed by atoms with Crippen molar-refractivity contribution in [2.24, 2.45) is 0 Å². The molecule has 1 aromatic carbocycles. The van der Waals surface area contributed by atoms with Crippen LogP contribution in [0.1, 0.15) is 47.3 Å². The quantitative estimate of drug-likeness (QED) is 0.854. The lowest BCUT2D eigenvalue weighted by Crippen LogP contribution is -2.20. The third-order valence-corrected chi connectivity index (χ3v) is 4.08. The number of aromatic nitrogens is 1. The van der Waals surface area contributed by atoms with Gasteiger partial charge in [-0.2, -0.15) is 0 Å². The first-order valence-corrected chi connectivity index (χ1v) is 7.26. The lowest BCUT2D eigenvalue weighted by atomic mass is 9.86. The molecule has 0 bridgehead atoms. The molecular weight excluding hydrogens is 289 g/mol. The molecule has 3 rings (SSSR count). The van der Waals surface area contributed by atoms with Crippen LogP contribution in [0.5, 0.6) is 0 Å². The number of H-pyrrole nitrogens is 1. The largest absolute Gasteiger partial charge is 0.478 e. The molecule has 0 aliphatic heterocycles. The molecule has 2 N–H and O–H groups in total. The number of ether oxygens (including phenoxy) is 1. The Kier molecular flexibility index (Phi) is 3.60. The molecule has 1 aliphatic rings. The number of benzene rings is 1. The number of carbonyl (C=O) groups is 2. The molecule has 1 heterocycles. The van der Waals surface area contributed by atoms with E-state index in [-0.39, 0.29) is 11.5 Å². The molecule has 6 heteroatoms. The van der Waals surface area contributed by atoms with E-state index in [0.29, 0.717) is 36.0 Å². The Morgan fingerprint density at radius 3 is 2.91 bits per heavy atom. The van der Waals surface area contributed by atoms with Gasteiger partial charge < -0.3 is 14.8 Å². The van der Waals surface area contributed by atoms with Crippen molar-refractivity contribution >= 4 is 22.8 Å². The summed E-state index contributed by atoms with van der Waals surface area (Å²) >= 11 is 0. The standard InChI is InChI=1S/C16H16FNO4/c1-2-22-16(21)10-5-3-4-9-11-6-8(17)7-12(15(19)20)14(11)18-13(9)10/h6-7,10,18H,2-5H2,1H3,(H,19,20). The second-order valence-corrected chi connectivity index (χ2v) is 5.40. The molecule has 0 fully saturated rings. The summed E-state index contributed by atoms with van der Waals surface area (Å²) in [7, 11) is 0. The van der Waals surface area contributed by atoms with Crippen LogP contribution in [0.25, 0.3) is 10.9 Å². The number of carbonyl (C=O) groups excluding carboxylic acids is 1. The minimum absolute atomic E-state index is 0.119. The molecule has 1 atom stereocenters. The molecule has 1 aliphatic carbocycles. The Hall–Kier alpha value is -2.37. The number of hydrogen-bond donors (Lipinski definition) is 2. The van der Waals surface area contributed by atoms with Gasteiger partial charge in [0, 0.05) is 11.1 Å². The summed E-state index contributed by atoms with van der Waals surface area (Å²) in [6.45, 7) is 2.03. The van der Waals surface area contributed by atoms with Crippen molar-refractivity contribution in [1.82, 2.24) is 4.98 Å². The SMILES string of the molecule is CCOC(=O)C1CCCc2c1[nH]c1c(C(=O)O)cc(F)cc21. The van der Waals surface area contributed by atoms with Crippen LogP contribution in [-0.4, -0.2) is 28.6 Å². The molecule has 1 aromatic heterocycles. The molecule has 5 nitrogen and oxygen atoms in total. The van der Waals surface area contributed by atoms with Crippen LogP contribution >= 0.6 is 0 Å². The second kappa shape index (κ2) is 5.44. The number of halogens is 1. The van der Waals surface area contributed by atoms with Gasteiger partial charge in [-0.1, -0.05) is 0 Å². The summed E-state index contributed by atoms with van der Waals surface area (Å²) < 4.78 is 18.8. The number of rotatable bonds is 3. The predicted octanol–water partition coefficient (Wildman–Crippen LogP) is 2.99. The van der Waals surface area contributed by atoms with Gasteiger partial charge in [0.2, 0.25) is 0 Å². The van der Waals surface area contributed by atoms with Gasteiger partial charge in [0.15, 0.2) is 0 Å². The van der Waals surface area contributed by atoms with E-state index in [0.717, 1.165) is 18.1 Å². The number of hydrogen-bond acceptors (Lipinski definition) is 3. The molecule has 22 heavy (non-hydrogen) atoms. The van der Waals surface area contributed by atoms with Crippen LogP contribution in [-0.2, 0) is 16.0 Å². The molecule has 2 aromatic rings. The summed E-state index contributed by atoms with van der Waals surface area (Å²) in [5, 5.41) is 9.79. The van der Waals surface area contributed by atoms with Crippen LogP contribution in [0.2, 0.25) is 0 Å². The summed E-state index contributed by atoms with van der Waals surface area (Å²) in [5.74, 6) is -2.56. The van der Waals surface area contributed by atoms with Gasteiger partial charge in [-0.05, 0) is 43.9 Å². The van der Waals surface area contributed by atoms with Crippen molar-refractivity contribution in [1.29, 1.82) is 0 Å². The number of carboxylic acids is 1. The van der Waals surface area contributed by atoms with Crippen molar-refractivity contribution in [3.63, 3.8) is 0 Å². The maximum atomic E-state index is 13.7. The Balaban J connectivity index is 2.20. The minimum atomic E-state index is -1.20. The van der Waals surface area contributed by atoms with E-state index >= 15 is 0 Å². The van der Waals surface area contributed by atoms with E-state index in [9.17, 15) is 19.1 Å². The first-order chi connectivity index (χ1) is 10.5. The highest BCUT2D eigenvalue weighted by Crippen LogP contribution is 2.38. The van der Waals surface area contributed by atoms with Crippen molar-refractivity contribution in [3.05, 3.63) is 34.8 Å². The molecule has 0 radical (unpaired) electrons. The number of esters is 1. The average molecular weight is 305 g/mol. The van der Waals surface area contributed by atoms with Gasteiger partial charge in [-0.15, -0.1) is 0 Å². The molecular formula is C16H16FNO4. The average Bonchev–Trinajstić information content (AvgIpc) is 2.85. The zero-order chi connectivity index (χ0) is 15.9. The number of nitrogens with one attached hydrogen (secondary N) is 1. The molecule has 0 saturated heterocycles. The lowest BCUT2D eigenvalue weighted by molar-refractivity contribution is -0.145. The molecule has 0 amide bonds. The summed E-state index contributed by atoms with van der Waals surface area (Å²) in [6.07, 6.45) is 2.11. The van der Waals surface area contributed by atoms with E-state index in [2.05, 4.69) is 4.98 Å². The Bertz CT molecular complexity index is 765. The van der Waals surface area contributed by atoms with Crippen molar-refractivity contribution in [2.75, 3.05) is 6.61 Å². The monoisotopic (exact) mass is 305 g/mol. The van der Waals surface area contributed by atoms with E-state index < -0.39 is 17.7 Å². The molecule has 0 saturated carbocycles. The molecule has 116 valence electrons. The fourth-order valence-electron chi connectivity index (χ4n) is 3.18. The first-order valence-electron chi connectivity index (χ1n) is 7.26. The summed E-state index contributed by atoms with van der Waals surface area (Å²) in [5.41, 5.74) is 1.73. The Labute approximate surface area is 126 Å². The molecule has 1 unspecified atom stereocenters. The lowest BCUT2D eigenvalue weighted by Gasteiger charge is -2.20. The maximum absolute atomic E-state index is 13.7. The van der Waals surface area contributed by atoms with E-state index in [1.165, 1.54) is 6.07 Å². The topological polar surface area (TPSA) is 79.4 Å². The van der Waals surface area contributed by atoms with Crippen LogP contribution < -0.4 is 0 Å². The van der Waals surface area contributed by atoms with E-state index in [4.69, 9.17) is 4.74 Å². The third-order valence-electron chi connectivity index (χ3n) is 4.08. The van der Waals surface area contributed by atoms with Gasteiger partial charge in [0.05, 0.1) is 23.6 Å². The van der Waals surface area contributed by atoms with Crippen molar-refractivity contribution < 1.29 is 23.8 Å². The van der Waals surface area contributed by atoms with Crippen molar-refractivity contribution in [3.8, 4) is 0 Å². The van der Waals surface area contributed by atoms with Gasteiger partial charge in [0.25, 0.3) is 0 Å². The fourth-order valence-corrected chi connectivity index (χ4v) is 3.18.